The summed E-state index contributed by atoms with van der Waals surface area (Å²) >= 11 is 0. The van der Waals surface area contributed by atoms with Crippen LogP contribution in [0.3, 0.4) is 0 Å². The Labute approximate surface area is 118 Å². The van der Waals surface area contributed by atoms with Gasteiger partial charge in [0.1, 0.15) is 11.6 Å². The fourth-order valence-electron chi connectivity index (χ4n) is 1.82. The molecule has 0 aliphatic rings. The summed E-state index contributed by atoms with van der Waals surface area (Å²) < 4.78 is 0. The first-order valence-electron chi connectivity index (χ1n) is 6.55. The standard InChI is InChI=1S/C15H18N4O/c1-4-12-8-11(9-13(16-3)18-12)15(20)19-14-7-10(2)5-6-17-14/h5-9H,4H2,1-3H3,(H,16,18)(H,17,19,20). The van der Waals surface area contributed by atoms with Crippen LogP contribution in [0.15, 0.2) is 30.5 Å². The zero-order chi connectivity index (χ0) is 14.5. The van der Waals surface area contributed by atoms with Crippen molar-refractivity contribution in [3.8, 4) is 0 Å². The van der Waals surface area contributed by atoms with Crippen molar-refractivity contribution in [1.82, 2.24) is 9.97 Å². The van der Waals surface area contributed by atoms with Gasteiger partial charge in [-0.3, -0.25) is 4.79 Å². The molecular formula is C15H18N4O. The van der Waals surface area contributed by atoms with Gasteiger partial charge in [0.15, 0.2) is 0 Å². The van der Waals surface area contributed by atoms with Gasteiger partial charge in [-0.15, -0.1) is 0 Å². The summed E-state index contributed by atoms with van der Waals surface area (Å²) in [4.78, 5) is 20.7. The molecular weight excluding hydrogens is 252 g/mol. The van der Waals surface area contributed by atoms with E-state index in [0.717, 1.165) is 17.7 Å². The Morgan fingerprint density at radius 3 is 2.70 bits per heavy atom. The highest BCUT2D eigenvalue weighted by Gasteiger charge is 2.10. The van der Waals surface area contributed by atoms with E-state index in [4.69, 9.17) is 0 Å². The maximum absolute atomic E-state index is 12.3. The molecule has 0 aromatic carbocycles. The van der Waals surface area contributed by atoms with Crippen molar-refractivity contribution < 1.29 is 4.79 Å². The van der Waals surface area contributed by atoms with Crippen molar-refractivity contribution in [3.05, 3.63) is 47.3 Å². The largest absolute Gasteiger partial charge is 0.373 e. The monoisotopic (exact) mass is 270 g/mol. The molecule has 2 rings (SSSR count). The molecule has 5 heteroatoms. The number of carbonyl (C=O) groups excluding carboxylic acids is 1. The first-order valence-corrected chi connectivity index (χ1v) is 6.55. The second-order valence-corrected chi connectivity index (χ2v) is 4.51. The molecule has 0 saturated heterocycles. The van der Waals surface area contributed by atoms with Gasteiger partial charge < -0.3 is 10.6 Å². The predicted octanol–water partition coefficient (Wildman–Crippen LogP) is 2.64. The molecule has 1 amide bonds. The van der Waals surface area contributed by atoms with E-state index in [1.807, 2.05) is 26.0 Å². The Hall–Kier alpha value is -2.43. The van der Waals surface area contributed by atoms with Crippen LogP contribution in [-0.4, -0.2) is 22.9 Å². The molecule has 0 fully saturated rings. The number of carbonyl (C=O) groups is 1. The minimum atomic E-state index is -0.184. The van der Waals surface area contributed by atoms with E-state index in [0.29, 0.717) is 17.2 Å². The highest BCUT2D eigenvalue weighted by atomic mass is 16.1. The third-order valence-corrected chi connectivity index (χ3v) is 2.92. The quantitative estimate of drug-likeness (QED) is 0.896. The third-order valence-electron chi connectivity index (χ3n) is 2.92. The molecule has 5 nitrogen and oxygen atoms in total. The summed E-state index contributed by atoms with van der Waals surface area (Å²) in [5.41, 5.74) is 2.50. The van der Waals surface area contributed by atoms with Crippen LogP contribution in [0.2, 0.25) is 0 Å². The van der Waals surface area contributed by atoms with Crippen LogP contribution in [0.4, 0.5) is 11.6 Å². The van der Waals surface area contributed by atoms with Crippen LogP contribution in [0.5, 0.6) is 0 Å². The second-order valence-electron chi connectivity index (χ2n) is 4.51. The molecule has 2 N–H and O–H groups in total. The molecule has 20 heavy (non-hydrogen) atoms. The molecule has 0 atom stereocenters. The van der Waals surface area contributed by atoms with Crippen LogP contribution in [0, 0.1) is 6.92 Å². The number of pyridine rings is 2. The Morgan fingerprint density at radius 2 is 2.05 bits per heavy atom. The molecule has 0 bridgehead atoms. The first-order chi connectivity index (χ1) is 9.62. The molecule has 0 spiro atoms. The number of hydrogen-bond donors (Lipinski definition) is 2. The average molecular weight is 270 g/mol. The summed E-state index contributed by atoms with van der Waals surface area (Å²) in [6, 6.07) is 7.24. The SMILES string of the molecule is CCc1cc(C(=O)Nc2cc(C)ccn2)cc(NC)n1. The van der Waals surface area contributed by atoms with Crippen LogP contribution in [0.25, 0.3) is 0 Å². The van der Waals surface area contributed by atoms with Crippen LogP contribution < -0.4 is 10.6 Å². The fraction of sp³-hybridized carbons (Fsp3) is 0.267. The van der Waals surface area contributed by atoms with E-state index in [9.17, 15) is 4.79 Å². The van der Waals surface area contributed by atoms with Crippen molar-refractivity contribution >= 4 is 17.5 Å². The van der Waals surface area contributed by atoms with Gasteiger partial charge in [0.25, 0.3) is 5.91 Å². The molecule has 2 aromatic rings. The van der Waals surface area contributed by atoms with Gasteiger partial charge in [-0.05, 0) is 43.2 Å². The smallest absolute Gasteiger partial charge is 0.257 e. The van der Waals surface area contributed by atoms with Crippen molar-refractivity contribution in [2.24, 2.45) is 0 Å². The lowest BCUT2D eigenvalue weighted by Gasteiger charge is -2.08. The molecule has 2 aromatic heterocycles. The van der Waals surface area contributed by atoms with Crippen molar-refractivity contribution in [3.63, 3.8) is 0 Å². The molecule has 2 heterocycles. The van der Waals surface area contributed by atoms with Gasteiger partial charge in [-0.25, -0.2) is 9.97 Å². The van der Waals surface area contributed by atoms with Gasteiger partial charge in [-0.1, -0.05) is 6.92 Å². The van der Waals surface area contributed by atoms with Crippen LogP contribution in [0.1, 0.15) is 28.5 Å². The summed E-state index contributed by atoms with van der Waals surface area (Å²) in [6.45, 7) is 3.96. The van der Waals surface area contributed by atoms with E-state index in [2.05, 4.69) is 20.6 Å². The summed E-state index contributed by atoms with van der Waals surface area (Å²) in [7, 11) is 1.78. The van der Waals surface area contributed by atoms with Crippen LogP contribution >= 0.6 is 0 Å². The van der Waals surface area contributed by atoms with Gasteiger partial charge in [-0.2, -0.15) is 0 Å². The molecule has 104 valence electrons. The van der Waals surface area contributed by atoms with E-state index < -0.39 is 0 Å². The zero-order valence-electron chi connectivity index (χ0n) is 11.9. The number of anilines is 2. The molecule has 0 radical (unpaired) electrons. The van der Waals surface area contributed by atoms with E-state index in [1.54, 1.807) is 25.4 Å². The first kappa shape index (κ1) is 14.0. The Kier molecular flexibility index (Phi) is 4.30. The molecule has 0 aliphatic carbocycles. The number of nitrogens with one attached hydrogen (secondary N) is 2. The summed E-state index contributed by atoms with van der Waals surface area (Å²) in [6.07, 6.45) is 2.45. The topological polar surface area (TPSA) is 66.9 Å². The van der Waals surface area contributed by atoms with Crippen molar-refractivity contribution in [2.75, 3.05) is 17.7 Å². The fourth-order valence-corrected chi connectivity index (χ4v) is 1.82. The zero-order valence-corrected chi connectivity index (χ0v) is 11.9. The predicted molar refractivity (Wildman–Crippen MR) is 80.1 cm³/mol. The number of amides is 1. The Bertz CT molecular complexity index is 603. The minimum Gasteiger partial charge on any atom is -0.373 e. The molecule has 0 saturated carbocycles. The number of rotatable bonds is 4. The molecule has 0 aliphatic heterocycles. The van der Waals surface area contributed by atoms with Gasteiger partial charge in [0.2, 0.25) is 0 Å². The highest BCUT2D eigenvalue weighted by molar-refractivity contribution is 6.04. The van der Waals surface area contributed by atoms with Crippen molar-refractivity contribution in [2.45, 2.75) is 20.3 Å². The lowest BCUT2D eigenvalue weighted by molar-refractivity contribution is 0.102. The lowest BCUT2D eigenvalue weighted by atomic mass is 10.2. The summed E-state index contributed by atoms with van der Waals surface area (Å²) in [5.74, 6) is 1.05. The number of hydrogen-bond acceptors (Lipinski definition) is 4. The molecule has 0 unspecified atom stereocenters. The number of nitrogens with zero attached hydrogens (tertiary/aromatic N) is 2. The van der Waals surface area contributed by atoms with Gasteiger partial charge in [0.05, 0.1) is 0 Å². The average Bonchev–Trinajstić information content (AvgIpc) is 2.46. The number of aryl methyl sites for hydroxylation is 2. The Balaban J connectivity index is 2.24. The van der Waals surface area contributed by atoms with E-state index in [-0.39, 0.29) is 5.91 Å². The van der Waals surface area contributed by atoms with E-state index >= 15 is 0 Å². The van der Waals surface area contributed by atoms with E-state index in [1.165, 1.54) is 0 Å². The minimum absolute atomic E-state index is 0.184. The van der Waals surface area contributed by atoms with Crippen molar-refractivity contribution in [1.29, 1.82) is 0 Å². The maximum Gasteiger partial charge on any atom is 0.257 e. The lowest BCUT2D eigenvalue weighted by Crippen LogP contribution is -2.14. The maximum atomic E-state index is 12.3. The highest BCUT2D eigenvalue weighted by Crippen LogP contribution is 2.13. The Morgan fingerprint density at radius 1 is 1.25 bits per heavy atom. The second kappa shape index (κ2) is 6.14. The summed E-state index contributed by atoms with van der Waals surface area (Å²) in [5, 5.41) is 5.76. The van der Waals surface area contributed by atoms with Gasteiger partial charge >= 0.3 is 0 Å². The van der Waals surface area contributed by atoms with Gasteiger partial charge in [0, 0.05) is 24.5 Å². The normalized spacial score (nSPS) is 10.2. The number of aromatic nitrogens is 2. The third kappa shape index (κ3) is 3.32. The van der Waals surface area contributed by atoms with Crippen LogP contribution in [-0.2, 0) is 6.42 Å².